The van der Waals surface area contributed by atoms with Gasteiger partial charge in [-0.15, -0.1) is 0 Å². The summed E-state index contributed by atoms with van der Waals surface area (Å²) < 4.78 is 10.6. The molecular weight excluding hydrogens is 164 g/mol. The maximum atomic E-state index is 5.31. The summed E-state index contributed by atoms with van der Waals surface area (Å²) >= 11 is -0.568. The van der Waals surface area contributed by atoms with Gasteiger partial charge < -0.3 is 0 Å². The third-order valence-electron chi connectivity index (χ3n) is 0.759. The van der Waals surface area contributed by atoms with Crippen LogP contribution in [0.3, 0.4) is 0 Å². The molecule has 0 aromatic carbocycles. The van der Waals surface area contributed by atoms with Crippen LogP contribution < -0.4 is 0 Å². The van der Waals surface area contributed by atoms with E-state index >= 15 is 0 Å². The summed E-state index contributed by atoms with van der Waals surface area (Å²) in [5.74, 6) is 0.625. The zero-order valence-electron chi connectivity index (χ0n) is 7.18. The van der Waals surface area contributed by atoms with E-state index in [9.17, 15) is 0 Å². The average Bonchev–Trinajstić information content (AvgIpc) is 1.79. The Hall–Kier alpha value is 0.634. The Morgan fingerprint density at radius 3 is 2.20 bits per heavy atom. The molecule has 0 aliphatic rings. The average molecular weight is 180 g/mol. The molecule has 2 nitrogen and oxygen atoms in total. The minimum atomic E-state index is -0.568. The fraction of sp³-hybridized carbons (Fsp3) is 1.00. The Labute approximate surface area is 73.2 Å². The van der Waals surface area contributed by atoms with Crippen LogP contribution >= 0.6 is 0 Å². The van der Waals surface area contributed by atoms with Crippen LogP contribution in [0.15, 0.2) is 0 Å². The standard InChI is InChI=1S/C4H9O.C3H7O.Ti/c1-4(2)3-5;1-3(2)4;/h4H,3H2,1-2H3;3H,1-2H3;/q2*-1;+2. The second kappa shape index (κ2) is 6.35. The van der Waals surface area contributed by atoms with Gasteiger partial charge >= 0.3 is 72.9 Å². The molecule has 0 unspecified atom stereocenters. The van der Waals surface area contributed by atoms with E-state index < -0.39 is 19.9 Å². The van der Waals surface area contributed by atoms with Crippen molar-refractivity contribution in [1.29, 1.82) is 0 Å². The Morgan fingerprint density at radius 2 is 1.80 bits per heavy atom. The molecule has 10 heavy (non-hydrogen) atoms. The van der Waals surface area contributed by atoms with Gasteiger partial charge in [0.05, 0.1) is 0 Å². The summed E-state index contributed by atoms with van der Waals surface area (Å²) in [5.41, 5.74) is 0. The Bertz CT molecular complexity index is 64.0. The second-order valence-corrected chi connectivity index (χ2v) is 4.03. The first-order valence-corrected chi connectivity index (χ1v) is 4.93. The predicted molar refractivity (Wildman–Crippen MR) is 37.0 cm³/mol. The summed E-state index contributed by atoms with van der Waals surface area (Å²) in [6.07, 6.45) is 0.326. The summed E-state index contributed by atoms with van der Waals surface area (Å²) in [6, 6.07) is 0. The van der Waals surface area contributed by atoms with Crippen molar-refractivity contribution >= 4 is 0 Å². The van der Waals surface area contributed by atoms with Gasteiger partial charge in [-0.2, -0.15) is 0 Å². The molecule has 0 bridgehead atoms. The third-order valence-corrected chi connectivity index (χ3v) is 2.09. The van der Waals surface area contributed by atoms with Crippen LogP contribution in [-0.2, 0) is 26.6 Å². The van der Waals surface area contributed by atoms with Crippen molar-refractivity contribution in [3.8, 4) is 0 Å². The zero-order valence-corrected chi connectivity index (χ0v) is 8.74. The van der Waals surface area contributed by atoms with Gasteiger partial charge in [0.2, 0.25) is 0 Å². The van der Waals surface area contributed by atoms with Gasteiger partial charge in [-0.05, 0) is 0 Å². The predicted octanol–water partition coefficient (Wildman–Crippen LogP) is 2.00. The fourth-order valence-electron chi connectivity index (χ4n) is 0.331. The maximum absolute atomic E-state index is 5.31. The molecule has 0 fully saturated rings. The molecule has 0 N–H and O–H groups in total. The SMILES string of the molecule is CC(C)C[O][Ti][O]C(C)C. The number of hydrogen-bond acceptors (Lipinski definition) is 2. The van der Waals surface area contributed by atoms with Gasteiger partial charge in [0.15, 0.2) is 0 Å². The van der Waals surface area contributed by atoms with E-state index in [4.69, 9.17) is 6.64 Å². The van der Waals surface area contributed by atoms with Gasteiger partial charge in [-0.3, -0.25) is 0 Å². The Morgan fingerprint density at radius 1 is 1.20 bits per heavy atom. The minimum absolute atomic E-state index is 0.326. The Balaban J connectivity index is 2.91. The van der Waals surface area contributed by atoms with Crippen LogP contribution in [0.2, 0.25) is 0 Å². The normalized spacial score (nSPS) is 11.0. The van der Waals surface area contributed by atoms with Crippen LogP contribution in [0.5, 0.6) is 0 Å². The van der Waals surface area contributed by atoms with Crippen molar-refractivity contribution in [2.24, 2.45) is 5.92 Å². The first-order valence-electron chi connectivity index (χ1n) is 3.65. The van der Waals surface area contributed by atoms with Crippen molar-refractivity contribution in [3.63, 3.8) is 0 Å². The molecule has 0 radical (unpaired) electrons. The van der Waals surface area contributed by atoms with E-state index in [2.05, 4.69) is 13.8 Å². The second-order valence-electron chi connectivity index (χ2n) is 2.95. The van der Waals surface area contributed by atoms with Crippen molar-refractivity contribution < 1.29 is 26.6 Å². The third kappa shape index (κ3) is 8.63. The molecular formula is C7H16O2Ti. The number of hydrogen-bond donors (Lipinski definition) is 0. The number of rotatable bonds is 5. The molecule has 0 saturated carbocycles. The molecule has 0 saturated heterocycles. The summed E-state index contributed by atoms with van der Waals surface area (Å²) in [5, 5.41) is 0. The molecule has 0 amide bonds. The molecule has 0 aliphatic heterocycles. The fourth-order valence-corrected chi connectivity index (χ4v) is 1.36. The molecule has 0 atom stereocenters. The van der Waals surface area contributed by atoms with Crippen LogP contribution in [0.25, 0.3) is 0 Å². The van der Waals surface area contributed by atoms with Crippen LogP contribution in [0.1, 0.15) is 27.7 Å². The van der Waals surface area contributed by atoms with E-state index in [1.54, 1.807) is 0 Å². The van der Waals surface area contributed by atoms with Gasteiger partial charge in [0.25, 0.3) is 0 Å². The van der Waals surface area contributed by atoms with Crippen molar-refractivity contribution in [2.75, 3.05) is 6.61 Å². The quantitative estimate of drug-likeness (QED) is 0.475. The van der Waals surface area contributed by atoms with Crippen molar-refractivity contribution in [3.05, 3.63) is 0 Å². The zero-order chi connectivity index (χ0) is 7.98. The molecule has 0 aliphatic carbocycles. The molecule has 0 rings (SSSR count). The summed E-state index contributed by atoms with van der Waals surface area (Å²) in [7, 11) is 0. The topological polar surface area (TPSA) is 18.5 Å². The molecule has 0 heterocycles. The van der Waals surface area contributed by atoms with Crippen molar-refractivity contribution in [1.82, 2.24) is 0 Å². The van der Waals surface area contributed by atoms with E-state index in [-0.39, 0.29) is 0 Å². The Kier molecular flexibility index (Phi) is 6.75. The van der Waals surface area contributed by atoms with Crippen molar-refractivity contribution in [2.45, 2.75) is 33.8 Å². The van der Waals surface area contributed by atoms with Crippen LogP contribution in [-0.4, -0.2) is 12.7 Å². The molecule has 0 aromatic rings. The molecule has 3 heteroatoms. The van der Waals surface area contributed by atoms with Gasteiger partial charge in [0.1, 0.15) is 0 Å². The van der Waals surface area contributed by atoms with Crippen LogP contribution in [0.4, 0.5) is 0 Å². The molecule has 0 spiro atoms. The summed E-state index contributed by atoms with van der Waals surface area (Å²) in [4.78, 5) is 0. The molecule has 0 aromatic heterocycles. The van der Waals surface area contributed by atoms with E-state index in [1.807, 2.05) is 13.8 Å². The van der Waals surface area contributed by atoms with E-state index in [0.717, 1.165) is 6.61 Å². The first-order chi connectivity index (χ1) is 4.63. The first kappa shape index (κ1) is 10.6. The molecule has 60 valence electrons. The van der Waals surface area contributed by atoms with Gasteiger partial charge in [0, 0.05) is 0 Å². The monoisotopic (exact) mass is 180 g/mol. The summed E-state index contributed by atoms with van der Waals surface area (Å²) in [6.45, 7) is 9.18. The van der Waals surface area contributed by atoms with E-state index in [1.165, 1.54) is 0 Å². The van der Waals surface area contributed by atoms with E-state index in [0.29, 0.717) is 12.0 Å². The van der Waals surface area contributed by atoms with Gasteiger partial charge in [-0.25, -0.2) is 0 Å². The van der Waals surface area contributed by atoms with Crippen LogP contribution in [0, 0.1) is 5.92 Å². The van der Waals surface area contributed by atoms with Gasteiger partial charge in [-0.1, -0.05) is 0 Å².